The number of ether oxygens (including phenoxy) is 1. The molecule has 2 N–H and O–H groups in total. The molecule has 0 aliphatic heterocycles. The molecule has 120 valence electrons. The van der Waals surface area contributed by atoms with Gasteiger partial charge in [-0.05, 0) is 40.9 Å². The van der Waals surface area contributed by atoms with Crippen LogP contribution < -0.4 is 10.0 Å². The Balaban J connectivity index is 1.79. The summed E-state index contributed by atoms with van der Waals surface area (Å²) in [5, 5.41) is 2.65. The van der Waals surface area contributed by atoms with Crippen molar-refractivity contribution in [1.29, 1.82) is 0 Å². The van der Waals surface area contributed by atoms with E-state index in [1.807, 2.05) is 0 Å². The van der Waals surface area contributed by atoms with Crippen molar-refractivity contribution in [3.8, 4) is 0 Å². The van der Waals surface area contributed by atoms with E-state index in [0.29, 0.717) is 4.47 Å². The normalized spacial score (nSPS) is 14.4. The van der Waals surface area contributed by atoms with Crippen LogP contribution in [0.25, 0.3) is 0 Å². The highest BCUT2D eigenvalue weighted by Gasteiger charge is 2.24. The van der Waals surface area contributed by atoms with Gasteiger partial charge < -0.3 is 10.1 Å². The van der Waals surface area contributed by atoms with Crippen LogP contribution in [0.2, 0.25) is 0 Å². The highest BCUT2D eigenvalue weighted by molar-refractivity contribution is 9.10. The van der Waals surface area contributed by atoms with E-state index >= 15 is 0 Å². The molecule has 22 heavy (non-hydrogen) atoms. The number of benzene rings is 1. The predicted molar refractivity (Wildman–Crippen MR) is 81.5 cm³/mol. The molecule has 0 heterocycles. The molecule has 1 amide bonds. The summed E-state index contributed by atoms with van der Waals surface area (Å²) in [6, 6.07) is 6.41. The third kappa shape index (κ3) is 5.08. The molecule has 0 spiro atoms. The maximum Gasteiger partial charge on any atom is 0.321 e. The number of sulfonamides is 1. The Morgan fingerprint density at radius 3 is 2.59 bits per heavy atom. The van der Waals surface area contributed by atoms with Gasteiger partial charge in [0.05, 0.1) is 4.90 Å². The van der Waals surface area contributed by atoms with Gasteiger partial charge in [-0.25, -0.2) is 8.42 Å². The van der Waals surface area contributed by atoms with Crippen LogP contribution in [0.15, 0.2) is 33.6 Å². The second-order valence-electron chi connectivity index (χ2n) is 4.76. The van der Waals surface area contributed by atoms with E-state index in [9.17, 15) is 18.0 Å². The molecular formula is C13H15BrN2O5S. The van der Waals surface area contributed by atoms with Crippen molar-refractivity contribution in [1.82, 2.24) is 10.0 Å². The summed E-state index contributed by atoms with van der Waals surface area (Å²) >= 11 is 3.13. The zero-order valence-corrected chi connectivity index (χ0v) is 13.9. The van der Waals surface area contributed by atoms with E-state index in [-0.39, 0.29) is 16.8 Å². The van der Waals surface area contributed by atoms with Gasteiger partial charge in [-0.2, -0.15) is 4.72 Å². The number of carbonyl (C=O) groups is 2. The van der Waals surface area contributed by atoms with Crippen molar-refractivity contribution in [2.24, 2.45) is 0 Å². The molecule has 1 aromatic carbocycles. The topological polar surface area (TPSA) is 102 Å². The van der Waals surface area contributed by atoms with Gasteiger partial charge in [0, 0.05) is 10.5 Å². The fraction of sp³-hybridized carbons (Fsp3) is 0.385. The van der Waals surface area contributed by atoms with Crippen molar-refractivity contribution >= 4 is 37.8 Å². The number of halogens is 1. The van der Waals surface area contributed by atoms with E-state index in [2.05, 4.69) is 26.0 Å². The quantitative estimate of drug-likeness (QED) is 0.661. The van der Waals surface area contributed by atoms with Crippen LogP contribution in [0.3, 0.4) is 0 Å². The van der Waals surface area contributed by atoms with E-state index in [4.69, 9.17) is 4.74 Å². The maximum atomic E-state index is 12.0. The highest BCUT2D eigenvalue weighted by Crippen LogP contribution is 2.20. The van der Waals surface area contributed by atoms with Crippen LogP contribution in [-0.2, 0) is 24.3 Å². The Kier molecular flexibility index (Phi) is 5.54. The minimum atomic E-state index is -3.83. The summed E-state index contributed by atoms with van der Waals surface area (Å²) in [4.78, 5) is 22.8. The summed E-state index contributed by atoms with van der Waals surface area (Å²) in [5.41, 5.74) is 0. The molecule has 0 saturated heterocycles. The van der Waals surface area contributed by atoms with Crippen LogP contribution in [0, 0.1) is 0 Å². The number of hydrogen-bond donors (Lipinski definition) is 2. The number of carbonyl (C=O) groups excluding carboxylic acids is 2. The Hall–Kier alpha value is -1.45. The highest BCUT2D eigenvalue weighted by atomic mass is 79.9. The first kappa shape index (κ1) is 16.9. The van der Waals surface area contributed by atoms with Gasteiger partial charge in [0.25, 0.3) is 5.91 Å². The molecule has 0 atom stereocenters. The van der Waals surface area contributed by atoms with E-state index in [0.717, 1.165) is 12.8 Å². The lowest BCUT2D eigenvalue weighted by molar-refractivity contribution is -0.147. The zero-order valence-electron chi connectivity index (χ0n) is 11.5. The first-order chi connectivity index (χ1) is 10.4. The molecule has 1 aromatic rings. The van der Waals surface area contributed by atoms with Crippen LogP contribution in [-0.4, -0.2) is 39.5 Å². The maximum absolute atomic E-state index is 12.0. The largest absolute Gasteiger partial charge is 0.455 e. The lowest BCUT2D eigenvalue weighted by Gasteiger charge is -2.08. The fourth-order valence-electron chi connectivity index (χ4n) is 1.59. The van der Waals surface area contributed by atoms with Gasteiger partial charge in [-0.1, -0.05) is 12.1 Å². The average Bonchev–Trinajstić information content (AvgIpc) is 3.27. The lowest BCUT2D eigenvalue weighted by atomic mass is 10.4. The number of esters is 1. The summed E-state index contributed by atoms with van der Waals surface area (Å²) in [6.07, 6.45) is 1.87. The Morgan fingerprint density at radius 1 is 1.27 bits per heavy atom. The third-order valence-electron chi connectivity index (χ3n) is 2.84. The van der Waals surface area contributed by atoms with Gasteiger partial charge in [-0.3, -0.25) is 9.59 Å². The van der Waals surface area contributed by atoms with Crippen molar-refractivity contribution in [3.63, 3.8) is 0 Å². The van der Waals surface area contributed by atoms with Gasteiger partial charge in [0.1, 0.15) is 6.54 Å². The molecule has 1 fully saturated rings. The zero-order chi connectivity index (χ0) is 16.2. The van der Waals surface area contributed by atoms with Crippen LogP contribution in [0.4, 0.5) is 0 Å². The molecule has 2 rings (SSSR count). The Labute approximate surface area is 136 Å². The molecular weight excluding hydrogens is 376 g/mol. The minimum Gasteiger partial charge on any atom is -0.455 e. The monoisotopic (exact) mass is 390 g/mol. The number of nitrogens with one attached hydrogen (secondary N) is 2. The van der Waals surface area contributed by atoms with E-state index in [1.54, 1.807) is 18.2 Å². The molecule has 1 aliphatic carbocycles. The molecule has 0 radical (unpaired) electrons. The second-order valence-corrected chi connectivity index (χ2v) is 7.35. The van der Waals surface area contributed by atoms with Crippen molar-refractivity contribution in [2.45, 2.75) is 23.8 Å². The summed E-state index contributed by atoms with van der Waals surface area (Å²) in [7, 11) is -3.83. The standard InChI is InChI=1S/C13H15BrN2O5S/c14-10-3-1-2-4-11(10)22(19,20)15-7-13(18)21-8-12(17)16-9-5-6-9/h1-4,9,15H,5-8H2,(H,16,17). The Bertz CT molecular complexity index is 673. The number of rotatable bonds is 7. The van der Waals surface area contributed by atoms with Crippen molar-refractivity contribution < 1.29 is 22.7 Å². The molecule has 7 nitrogen and oxygen atoms in total. The summed E-state index contributed by atoms with van der Waals surface area (Å²) < 4.78 is 31.3. The first-order valence-electron chi connectivity index (χ1n) is 6.57. The van der Waals surface area contributed by atoms with Gasteiger partial charge >= 0.3 is 5.97 Å². The number of hydrogen-bond acceptors (Lipinski definition) is 5. The molecule has 1 saturated carbocycles. The second kappa shape index (κ2) is 7.21. The van der Waals surface area contributed by atoms with E-state index in [1.165, 1.54) is 6.07 Å². The molecule has 0 bridgehead atoms. The summed E-state index contributed by atoms with van der Waals surface area (Å²) in [5.74, 6) is -1.20. The minimum absolute atomic E-state index is 0.0225. The number of amides is 1. The van der Waals surface area contributed by atoms with Crippen LogP contribution in [0.5, 0.6) is 0 Å². The van der Waals surface area contributed by atoms with Gasteiger partial charge in [0.15, 0.2) is 6.61 Å². The summed E-state index contributed by atoms with van der Waals surface area (Å²) in [6.45, 7) is -0.952. The Morgan fingerprint density at radius 2 is 1.95 bits per heavy atom. The van der Waals surface area contributed by atoms with Crippen molar-refractivity contribution in [2.75, 3.05) is 13.2 Å². The first-order valence-corrected chi connectivity index (χ1v) is 8.85. The SMILES string of the molecule is O=C(COC(=O)CNS(=O)(=O)c1ccccc1Br)NC1CC1. The van der Waals surface area contributed by atoms with Gasteiger partial charge in [0.2, 0.25) is 10.0 Å². The molecule has 0 aromatic heterocycles. The molecule has 1 aliphatic rings. The van der Waals surface area contributed by atoms with Crippen LogP contribution >= 0.6 is 15.9 Å². The third-order valence-corrected chi connectivity index (χ3v) is 5.25. The average molecular weight is 391 g/mol. The molecule has 0 unspecified atom stereocenters. The van der Waals surface area contributed by atoms with E-state index < -0.39 is 29.1 Å². The predicted octanol–water partition coefficient (Wildman–Crippen LogP) is 0.549. The van der Waals surface area contributed by atoms with Crippen LogP contribution in [0.1, 0.15) is 12.8 Å². The fourth-order valence-corrected chi connectivity index (χ4v) is 3.56. The van der Waals surface area contributed by atoms with Gasteiger partial charge in [-0.15, -0.1) is 0 Å². The molecule has 9 heteroatoms. The lowest BCUT2D eigenvalue weighted by Crippen LogP contribution is -2.34. The van der Waals surface area contributed by atoms with Crippen molar-refractivity contribution in [3.05, 3.63) is 28.7 Å². The smallest absolute Gasteiger partial charge is 0.321 e.